The minimum atomic E-state index is -0.406. The number of urea groups is 1. The van der Waals surface area contributed by atoms with Gasteiger partial charge in [-0.3, -0.25) is 24.1 Å². The molecule has 1 saturated carbocycles. The molecular formula is C37H37N5O5. The van der Waals surface area contributed by atoms with Crippen LogP contribution in [0.15, 0.2) is 90.0 Å². The summed E-state index contributed by atoms with van der Waals surface area (Å²) < 4.78 is 0. The second kappa shape index (κ2) is 12.9. The lowest BCUT2D eigenvalue weighted by atomic mass is 9.93. The minimum absolute atomic E-state index is 0.0526. The zero-order chi connectivity index (χ0) is 32.5. The van der Waals surface area contributed by atoms with E-state index in [-0.39, 0.29) is 48.8 Å². The highest BCUT2D eigenvalue weighted by Gasteiger charge is 2.47. The van der Waals surface area contributed by atoms with Crippen molar-refractivity contribution in [2.45, 2.75) is 64.1 Å². The summed E-state index contributed by atoms with van der Waals surface area (Å²) in [6, 6.07) is 23.7. The van der Waals surface area contributed by atoms with E-state index in [1.807, 2.05) is 66.7 Å². The Labute approximate surface area is 273 Å². The summed E-state index contributed by atoms with van der Waals surface area (Å²) in [6.07, 6.45) is 4.98. The van der Waals surface area contributed by atoms with E-state index in [4.69, 9.17) is 0 Å². The van der Waals surface area contributed by atoms with Crippen LogP contribution in [0.4, 0.5) is 21.9 Å². The number of amides is 6. The van der Waals surface area contributed by atoms with Crippen LogP contribution in [0.3, 0.4) is 0 Å². The molecule has 4 aliphatic rings. The van der Waals surface area contributed by atoms with Crippen LogP contribution < -0.4 is 20.4 Å². The van der Waals surface area contributed by atoms with Crippen molar-refractivity contribution in [1.82, 2.24) is 10.2 Å². The summed E-state index contributed by atoms with van der Waals surface area (Å²) in [7, 11) is 0. The van der Waals surface area contributed by atoms with Crippen molar-refractivity contribution in [3.63, 3.8) is 0 Å². The molecule has 0 spiro atoms. The van der Waals surface area contributed by atoms with Gasteiger partial charge in [-0.1, -0.05) is 61.0 Å². The first kappa shape index (κ1) is 30.4. The number of rotatable bonds is 7. The van der Waals surface area contributed by atoms with E-state index >= 15 is 0 Å². The van der Waals surface area contributed by atoms with Crippen LogP contribution in [0.2, 0.25) is 0 Å². The fourth-order valence-corrected chi connectivity index (χ4v) is 7.39. The predicted octanol–water partition coefficient (Wildman–Crippen LogP) is 5.30. The van der Waals surface area contributed by atoms with Gasteiger partial charge < -0.3 is 20.4 Å². The maximum absolute atomic E-state index is 14.2. The van der Waals surface area contributed by atoms with Gasteiger partial charge >= 0.3 is 6.03 Å². The number of carbonyl (C=O) groups excluding carboxylic acids is 5. The molecule has 3 aromatic carbocycles. The molecule has 2 unspecified atom stereocenters. The van der Waals surface area contributed by atoms with Crippen molar-refractivity contribution in [1.29, 1.82) is 0 Å². The van der Waals surface area contributed by atoms with Crippen LogP contribution in [-0.2, 0) is 32.3 Å². The average Bonchev–Trinajstić information content (AvgIpc) is 3.64. The van der Waals surface area contributed by atoms with Crippen molar-refractivity contribution in [3.05, 3.63) is 101 Å². The van der Waals surface area contributed by atoms with Crippen molar-refractivity contribution < 1.29 is 24.0 Å². The van der Waals surface area contributed by atoms with E-state index in [0.29, 0.717) is 60.4 Å². The van der Waals surface area contributed by atoms with E-state index in [1.54, 1.807) is 21.9 Å². The highest BCUT2D eigenvalue weighted by atomic mass is 16.2. The first-order valence-corrected chi connectivity index (χ1v) is 16.4. The van der Waals surface area contributed by atoms with Gasteiger partial charge in [0.25, 0.3) is 11.8 Å². The van der Waals surface area contributed by atoms with Crippen LogP contribution >= 0.6 is 0 Å². The van der Waals surface area contributed by atoms with Gasteiger partial charge in [0.2, 0.25) is 11.8 Å². The summed E-state index contributed by atoms with van der Waals surface area (Å²) in [6.45, 7) is 0.345. The number of hydrogen-bond acceptors (Lipinski definition) is 5. The van der Waals surface area contributed by atoms with Crippen molar-refractivity contribution in [2.75, 3.05) is 21.7 Å². The third-order valence-electron chi connectivity index (χ3n) is 9.71. The molecule has 47 heavy (non-hydrogen) atoms. The molecule has 2 aliphatic carbocycles. The summed E-state index contributed by atoms with van der Waals surface area (Å²) in [4.78, 5) is 71.7. The van der Waals surface area contributed by atoms with Crippen molar-refractivity contribution in [2.24, 2.45) is 5.92 Å². The summed E-state index contributed by atoms with van der Waals surface area (Å²) in [5.41, 5.74) is 4.81. The van der Waals surface area contributed by atoms with Gasteiger partial charge in [-0.05, 0) is 73.9 Å². The van der Waals surface area contributed by atoms with Gasteiger partial charge in [0, 0.05) is 29.4 Å². The normalized spacial score (nSPS) is 20.5. The number of anilines is 3. The largest absolute Gasteiger partial charge is 0.334 e. The van der Waals surface area contributed by atoms with Gasteiger partial charge in [-0.2, -0.15) is 0 Å². The fourth-order valence-electron chi connectivity index (χ4n) is 7.39. The van der Waals surface area contributed by atoms with Gasteiger partial charge in [0.1, 0.15) is 6.54 Å². The Morgan fingerprint density at radius 3 is 2.06 bits per heavy atom. The van der Waals surface area contributed by atoms with E-state index in [2.05, 4.69) is 10.6 Å². The van der Waals surface area contributed by atoms with Crippen LogP contribution in [-0.4, -0.2) is 47.1 Å². The molecule has 0 saturated heterocycles. The van der Waals surface area contributed by atoms with Crippen LogP contribution in [0, 0.1) is 5.92 Å². The Hall–Kier alpha value is -5.25. The topological polar surface area (TPSA) is 119 Å². The standard InChI is InChI=1S/C37H37N5O5/c43-33(23-41-34(44)27-11-4-5-12-28(27)35(41)45)42-30-16-8-13-29(30)36(46)40(31-14-6-7-15-32(31)42)22-25-17-19-26(20-18-25)39-37(47)38-21-24-9-2-1-3-10-24/h1-3,6-7,9-10,14-15,17-20,29-30H,4-5,8,11-13,16,21-23H2,(H2,38,39,47). The second-order valence-electron chi connectivity index (χ2n) is 12.6. The van der Waals surface area contributed by atoms with Crippen LogP contribution in [0.25, 0.3) is 0 Å². The Kier molecular flexibility index (Phi) is 8.32. The predicted molar refractivity (Wildman–Crippen MR) is 177 cm³/mol. The number of fused-ring (bicyclic) bond motifs is 2. The number of hydrogen-bond donors (Lipinski definition) is 2. The molecule has 2 atom stereocenters. The highest BCUT2D eigenvalue weighted by Crippen LogP contribution is 2.44. The maximum atomic E-state index is 14.2. The number of nitrogens with zero attached hydrogens (tertiary/aromatic N) is 3. The third-order valence-corrected chi connectivity index (χ3v) is 9.71. The molecular weight excluding hydrogens is 594 g/mol. The molecule has 2 aliphatic heterocycles. The molecule has 2 N–H and O–H groups in total. The zero-order valence-electron chi connectivity index (χ0n) is 26.1. The van der Waals surface area contributed by atoms with Gasteiger partial charge in [-0.25, -0.2) is 4.79 Å². The SMILES string of the molecule is O=C(NCc1ccccc1)Nc1ccc(CN2C(=O)C3CCCC3N(C(=O)CN3C(=O)C4=C(CCCC4)C3=O)c3ccccc32)cc1. The zero-order valence-corrected chi connectivity index (χ0v) is 26.1. The average molecular weight is 632 g/mol. The summed E-state index contributed by atoms with van der Waals surface area (Å²) in [5, 5.41) is 5.70. The lowest BCUT2D eigenvalue weighted by molar-refractivity contribution is -0.141. The maximum Gasteiger partial charge on any atom is 0.319 e. The van der Waals surface area contributed by atoms with E-state index in [0.717, 1.165) is 35.3 Å². The number of carbonyl (C=O) groups is 5. The lowest BCUT2D eigenvalue weighted by Crippen LogP contribution is -2.49. The summed E-state index contributed by atoms with van der Waals surface area (Å²) >= 11 is 0. The molecule has 10 nitrogen and oxygen atoms in total. The molecule has 3 aromatic rings. The molecule has 240 valence electrons. The smallest absolute Gasteiger partial charge is 0.319 e. The fraction of sp³-hybridized carbons (Fsp3) is 0.324. The van der Waals surface area contributed by atoms with Gasteiger partial charge in [-0.15, -0.1) is 0 Å². The molecule has 0 bridgehead atoms. The van der Waals surface area contributed by atoms with E-state index < -0.39 is 5.92 Å². The molecule has 0 aromatic heterocycles. The molecule has 0 radical (unpaired) electrons. The molecule has 1 fully saturated rings. The Bertz CT molecular complexity index is 1740. The highest BCUT2D eigenvalue weighted by molar-refractivity contribution is 6.21. The molecule has 7 rings (SSSR count). The first-order chi connectivity index (χ1) is 22.9. The number of imide groups is 1. The molecule has 2 heterocycles. The minimum Gasteiger partial charge on any atom is -0.334 e. The van der Waals surface area contributed by atoms with E-state index in [1.165, 1.54) is 0 Å². The lowest BCUT2D eigenvalue weighted by Gasteiger charge is -2.31. The monoisotopic (exact) mass is 631 g/mol. The second-order valence-corrected chi connectivity index (χ2v) is 12.6. The van der Waals surface area contributed by atoms with Crippen LogP contribution in [0.5, 0.6) is 0 Å². The third kappa shape index (κ3) is 5.91. The first-order valence-electron chi connectivity index (χ1n) is 16.4. The molecule has 6 amide bonds. The van der Waals surface area contributed by atoms with Crippen LogP contribution in [0.1, 0.15) is 56.1 Å². The molecule has 10 heteroatoms. The number of para-hydroxylation sites is 2. The Balaban J connectivity index is 1.09. The number of benzene rings is 3. The Morgan fingerprint density at radius 2 is 1.36 bits per heavy atom. The van der Waals surface area contributed by atoms with E-state index in [9.17, 15) is 24.0 Å². The van der Waals surface area contributed by atoms with Crippen molar-refractivity contribution >= 4 is 46.7 Å². The Morgan fingerprint density at radius 1 is 0.702 bits per heavy atom. The van der Waals surface area contributed by atoms with Gasteiger partial charge in [0.15, 0.2) is 0 Å². The summed E-state index contributed by atoms with van der Waals surface area (Å²) in [5.74, 6) is -1.52. The van der Waals surface area contributed by atoms with Crippen molar-refractivity contribution in [3.8, 4) is 0 Å². The number of nitrogens with one attached hydrogen (secondary N) is 2. The van der Waals surface area contributed by atoms with Gasteiger partial charge in [0.05, 0.1) is 23.8 Å². The quantitative estimate of drug-likeness (QED) is 0.344.